The summed E-state index contributed by atoms with van der Waals surface area (Å²) in [5, 5.41) is 15.5. The van der Waals surface area contributed by atoms with Gasteiger partial charge in [-0.3, -0.25) is 14.9 Å². The van der Waals surface area contributed by atoms with E-state index in [-0.39, 0.29) is 60.0 Å². The van der Waals surface area contributed by atoms with Crippen molar-refractivity contribution >= 4 is 17.4 Å². The minimum Gasteiger partial charge on any atom is -0.462 e. The average molecular weight is 505 g/mol. The van der Waals surface area contributed by atoms with E-state index in [0.29, 0.717) is 29.1 Å². The van der Waals surface area contributed by atoms with Crippen LogP contribution in [0, 0.1) is 16.0 Å². The number of hydrogen-bond acceptors (Lipinski definition) is 8. The van der Waals surface area contributed by atoms with Crippen molar-refractivity contribution in [3.63, 3.8) is 0 Å². The third-order valence-electron chi connectivity index (χ3n) is 6.90. The number of hydrogen-bond donors (Lipinski definition) is 1. The minimum absolute atomic E-state index is 0.0467. The standard InChI is InChI=1S/C28H28N2O7/c1-15(2)13-35-28(32)25-16(3)29-20-9-18(17-7-5-4-6-8-17)10-22(31)27(20)26(25)19-11-23-24(37-14-36-23)12-21(19)30(33)34/h4-8,11-12,15,18,26,29H,9-10,13-14H2,1-3H3/t18-,26-/m0/s1. The quantitative estimate of drug-likeness (QED) is 0.336. The fraction of sp³-hybridized carbons (Fsp3) is 0.357. The first-order valence-corrected chi connectivity index (χ1v) is 12.3. The van der Waals surface area contributed by atoms with Crippen LogP contribution in [0.3, 0.4) is 0 Å². The molecule has 2 aliphatic heterocycles. The van der Waals surface area contributed by atoms with E-state index in [0.717, 1.165) is 5.56 Å². The Hall–Kier alpha value is -4.14. The van der Waals surface area contributed by atoms with Gasteiger partial charge < -0.3 is 19.5 Å². The third-order valence-corrected chi connectivity index (χ3v) is 6.90. The number of ketones is 1. The smallest absolute Gasteiger partial charge is 0.336 e. The maximum atomic E-state index is 13.8. The molecule has 0 amide bonds. The number of esters is 1. The Morgan fingerprint density at radius 2 is 1.86 bits per heavy atom. The molecule has 0 unspecified atom stereocenters. The number of carbonyl (C=O) groups excluding carboxylic acids is 2. The molecule has 9 nitrogen and oxygen atoms in total. The van der Waals surface area contributed by atoms with Crippen molar-refractivity contribution in [1.82, 2.24) is 5.32 Å². The van der Waals surface area contributed by atoms with Crippen LogP contribution in [-0.4, -0.2) is 30.1 Å². The molecule has 9 heteroatoms. The van der Waals surface area contributed by atoms with Gasteiger partial charge in [-0.05, 0) is 36.8 Å². The highest BCUT2D eigenvalue weighted by molar-refractivity contribution is 6.04. The summed E-state index contributed by atoms with van der Waals surface area (Å²) in [6, 6.07) is 12.6. The number of nitrogens with one attached hydrogen (secondary N) is 1. The molecule has 0 spiro atoms. The molecule has 5 rings (SSSR count). The maximum absolute atomic E-state index is 13.8. The van der Waals surface area contributed by atoms with Gasteiger partial charge in [-0.15, -0.1) is 0 Å². The molecule has 0 saturated carbocycles. The molecule has 0 aromatic heterocycles. The third kappa shape index (κ3) is 4.57. The summed E-state index contributed by atoms with van der Waals surface area (Å²) in [5.74, 6) is -1.12. The number of nitrogens with zero attached hydrogens (tertiary/aromatic N) is 1. The van der Waals surface area contributed by atoms with Crippen molar-refractivity contribution in [2.75, 3.05) is 13.4 Å². The van der Waals surface area contributed by atoms with Crippen LogP contribution in [0.4, 0.5) is 5.69 Å². The Kier molecular flexibility index (Phi) is 6.45. The molecule has 3 aliphatic rings. The summed E-state index contributed by atoms with van der Waals surface area (Å²) < 4.78 is 16.4. The van der Waals surface area contributed by atoms with Gasteiger partial charge in [-0.2, -0.15) is 0 Å². The first-order valence-electron chi connectivity index (χ1n) is 12.3. The van der Waals surface area contributed by atoms with Crippen LogP contribution in [0.5, 0.6) is 11.5 Å². The number of Topliss-reactive ketones (excluding diaryl/α,β-unsaturated/α-hetero) is 1. The van der Waals surface area contributed by atoms with E-state index >= 15 is 0 Å². The van der Waals surface area contributed by atoms with Gasteiger partial charge in [0.05, 0.1) is 29.1 Å². The lowest BCUT2D eigenvalue weighted by Gasteiger charge is -2.36. The van der Waals surface area contributed by atoms with Crippen molar-refractivity contribution in [3.05, 3.63) is 86.2 Å². The minimum atomic E-state index is -0.977. The topological polar surface area (TPSA) is 117 Å². The Morgan fingerprint density at radius 3 is 2.54 bits per heavy atom. The van der Waals surface area contributed by atoms with Crippen LogP contribution < -0.4 is 14.8 Å². The SMILES string of the molecule is CC1=C(C(=O)OCC(C)C)[C@H](c2cc3c(cc2[N+](=O)[O-])OCO3)C2=C(C[C@H](c3ccccc3)CC2=O)N1. The lowest BCUT2D eigenvalue weighted by atomic mass is 9.71. The molecule has 2 atom stereocenters. The first-order chi connectivity index (χ1) is 17.7. The lowest BCUT2D eigenvalue weighted by molar-refractivity contribution is -0.385. The van der Waals surface area contributed by atoms with E-state index in [1.54, 1.807) is 6.92 Å². The summed E-state index contributed by atoms with van der Waals surface area (Å²) in [4.78, 5) is 38.8. The van der Waals surface area contributed by atoms with Crippen molar-refractivity contribution in [3.8, 4) is 11.5 Å². The van der Waals surface area contributed by atoms with Crippen LogP contribution in [0.1, 0.15) is 56.6 Å². The van der Waals surface area contributed by atoms with Crippen molar-refractivity contribution in [1.29, 1.82) is 0 Å². The van der Waals surface area contributed by atoms with E-state index in [9.17, 15) is 19.7 Å². The lowest BCUT2D eigenvalue weighted by Crippen LogP contribution is -2.36. The number of dihydropyridines is 1. The van der Waals surface area contributed by atoms with Crippen molar-refractivity contribution in [2.45, 2.75) is 45.4 Å². The molecular weight excluding hydrogens is 476 g/mol. The van der Waals surface area contributed by atoms with Gasteiger partial charge >= 0.3 is 5.97 Å². The monoisotopic (exact) mass is 504 g/mol. The zero-order valence-electron chi connectivity index (χ0n) is 20.9. The predicted octanol–water partition coefficient (Wildman–Crippen LogP) is 4.88. The van der Waals surface area contributed by atoms with E-state index in [2.05, 4.69) is 5.32 Å². The Bertz CT molecular complexity index is 1340. The summed E-state index contributed by atoms with van der Waals surface area (Å²) in [5.41, 5.74) is 2.71. The second kappa shape index (κ2) is 9.72. The van der Waals surface area contributed by atoms with Crippen LogP contribution in [0.2, 0.25) is 0 Å². The number of nitro benzene ring substituents is 1. The molecule has 0 bridgehead atoms. The molecule has 2 aromatic rings. The van der Waals surface area contributed by atoms with Gasteiger partial charge in [-0.25, -0.2) is 4.79 Å². The number of fused-ring (bicyclic) bond motifs is 1. The molecular formula is C28H28N2O7. The highest BCUT2D eigenvalue weighted by Crippen LogP contribution is 2.50. The summed E-state index contributed by atoms with van der Waals surface area (Å²) in [7, 11) is 0. The normalized spacial score (nSPS) is 20.6. The summed E-state index contributed by atoms with van der Waals surface area (Å²) >= 11 is 0. The molecule has 37 heavy (non-hydrogen) atoms. The Morgan fingerprint density at radius 1 is 1.16 bits per heavy atom. The van der Waals surface area contributed by atoms with Gasteiger partial charge in [-0.1, -0.05) is 44.2 Å². The molecule has 1 aliphatic carbocycles. The van der Waals surface area contributed by atoms with Crippen LogP contribution in [-0.2, 0) is 14.3 Å². The van der Waals surface area contributed by atoms with Crippen LogP contribution >= 0.6 is 0 Å². The van der Waals surface area contributed by atoms with Gasteiger partial charge in [0.1, 0.15) is 0 Å². The van der Waals surface area contributed by atoms with Crippen LogP contribution in [0.15, 0.2) is 65.0 Å². The maximum Gasteiger partial charge on any atom is 0.336 e. The van der Waals surface area contributed by atoms with Gasteiger partial charge in [0.15, 0.2) is 17.3 Å². The molecule has 2 aromatic carbocycles. The van der Waals surface area contributed by atoms with E-state index in [1.807, 2.05) is 44.2 Å². The highest BCUT2D eigenvalue weighted by Gasteiger charge is 2.44. The Balaban J connectivity index is 1.66. The molecule has 2 heterocycles. The average Bonchev–Trinajstić information content (AvgIpc) is 3.33. The molecule has 192 valence electrons. The second-order valence-corrected chi connectivity index (χ2v) is 9.94. The zero-order chi connectivity index (χ0) is 26.3. The van der Waals surface area contributed by atoms with E-state index < -0.39 is 16.8 Å². The molecule has 1 N–H and O–H groups in total. The number of ether oxygens (including phenoxy) is 3. The van der Waals surface area contributed by atoms with Crippen molar-refractivity contribution in [2.24, 2.45) is 5.92 Å². The fourth-order valence-electron chi connectivity index (χ4n) is 5.24. The number of rotatable bonds is 6. The van der Waals surface area contributed by atoms with Gasteiger partial charge in [0.25, 0.3) is 5.69 Å². The van der Waals surface area contributed by atoms with Gasteiger partial charge in [0.2, 0.25) is 6.79 Å². The number of nitro groups is 1. The van der Waals surface area contributed by atoms with E-state index in [1.165, 1.54) is 12.1 Å². The first kappa shape index (κ1) is 24.5. The highest BCUT2D eigenvalue weighted by atomic mass is 16.7. The molecule has 0 radical (unpaired) electrons. The molecule has 0 fully saturated rings. The van der Waals surface area contributed by atoms with Gasteiger partial charge in [0, 0.05) is 29.0 Å². The molecule has 0 saturated heterocycles. The second-order valence-electron chi connectivity index (χ2n) is 9.94. The Labute approximate surface area is 214 Å². The zero-order valence-corrected chi connectivity index (χ0v) is 20.9. The van der Waals surface area contributed by atoms with E-state index in [4.69, 9.17) is 14.2 Å². The van der Waals surface area contributed by atoms with Crippen LogP contribution in [0.25, 0.3) is 0 Å². The number of allylic oxidation sites excluding steroid dienone is 3. The number of carbonyl (C=O) groups is 2. The predicted molar refractivity (Wildman–Crippen MR) is 134 cm³/mol. The summed E-state index contributed by atoms with van der Waals surface area (Å²) in [6.45, 7) is 5.69. The van der Waals surface area contributed by atoms with Crippen molar-refractivity contribution < 1.29 is 28.7 Å². The fourth-order valence-corrected chi connectivity index (χ4v) is 5.24. The number of benzene rings is 2. The largest absolute Gasteiger partial charge is 0.462 e. The summed E-state index contributed by atoms with van der Waals surface area (Å²) in [6.07, 6.45) is 0.762.